The predicted octanol–water partition coefficient (Wildman–Crippen LogP) is 2.80. The van der Waals surface area contributed by atoms with Gasteiger partial charge < -0.3 is 10.0 Å². The zero-order valence-corrected chi connectivity index (χ0v) is 10.2. The Labute approximate surface area is 96.7 Å². The van der Waals surface area contributed by atoms with E-state index >= 15 is 0 Å². The highest BCUT2D eigenvalue weighted by atomic mass is 19.1. The second kappa shape index (κ2) is 5.85. The van der Waals surface area contributed by atoms with Gasteiger partial charge in [0, 0.05) is 19.3 Å². The molecule has 3 heteroatoms. The SMILES string of the molecule is CC(C)CCN(C)c1cc(F)cc(CO)c1. The van der Waals surface area contributed by atoms with E-state index in [0.29, 0.717) is 11.5 Å². The summed E-state index contributed by atoms with van der Waals surface area (Å²) in [4.78, 5) is 2.02. The van der Waals surface area contributed by atoms with Crippen molar-refractivity contribution in [1.82, 2.24) is 0 Å². The number of hydrogen-bond acceptors (Lipinski definition) is 2. The summed E-state index contributed by atoms with van der Waals surface area (Å²) in [5.41, 5.74) is 1.44. The van der Waals surface area contributed by atoms with Gasteiger partial charge >= 0.3 is 0 Å². The summed E-state index contributed by atoms with van der Waals surface area (Å²) in [6, 6.07) is 4.68. The minimum absolute atomic E-state index is 0.122. The second-order valence-electron chi connectivity index (χ2n) is 4.58. The lowest BCUT2D eigenvalue weighted by molar-refractivity contribution is 0.281. The van der Waals surface area contributed by atoms with Crippen molar-refractivity contribution in [2.24, 2.45) is 5.92 Å². The molecule has 0 amide bonds. The van der Waals surface area contributed by atoms with Crippen molar-refractivity contribution in [3.05, 3.63) is 29.6 Å². The Morgan fingerprint density at radius 1 is 1.31 bits per heavy atom. The zero-order chi connectivity index (χ0) is 12.1. The highest BCUT2D eigenvalue weighted by Crippen LogP contribution is 2.18. The number of hydrogen-bond donors (Lipinski definition) is 1. The molecule has 0 bridgehead atoms. The van der Waals surface area contributed by atoms with Crippen molar-refractivity contribution in [1.29, 1.82) is 0 Å². The molecule has 0 aliphatic heterocycles. The fourth-order valence-corrected chi connectivity index (χ4v) is 1.53. The maximum Gasteiger partial charge on any atom is 0.125 e. The molecule has 1 aromatic rings. The molecule has 0 fully saturated rings. The summed E-state index contributed by atoms with van der Waals surface area (Å²) in [5.74, 6) is 0.339. The molecule has 90 valence electrons. The number of aliphatic hydroxyl groups is 1. The zero-order valence-electron chi connectivity index (χ0n) is 10.2. The van der Waals surface area contributed by atoms with Gasteiger partial charge in [-0.05, 0) is 36.1 Å². The third-order valence-corrected chi connectivity index (χ3v) is 2.61. The number of aliphatic hydroxyl groups excluding tert-OH is 1. The molecular weight excluding hydrogens is 205 g/mol. The Hall–Kier alpha value is -1.09. The first-order chi connectivity index (χ1) is 7.52. The van der Waals surface area contributed by atoms with Gasteiger partial charge in [-0.3, -0.25) is 0 Å². The van der Waals surface area contributed by atoms with E-state index in [1.807, 2.05) is 18.0 Å². The molecule has 0 aromatic heterocycles. The molecule has 1 rings (SSSR count). The predicted molar refractivity (Wildman–Crippen MR) is 65.0 cm³/mol. The van der Waals surface area contributed by atoms with E-state index in [0.717, 1.165) is 18.7 Å². The second-order valence-corrected chi connectivity index (χ2v) is 4.58. The molecule has 0 atom stereocenters. The minimum Gasteiger partial charge on any atom is -0.392 e. The third-order valence-electron chi connectivity index (χ3n) is 2.61. The summed E-state index contributed by atoms with van der Waals surface area (Å²) in [5, 5.41) is 9.00. The van der Waals surface area contributed by atoms with Gasteiger partial charge in [0.15, 0.2) is 0 Å². The summed E-state index contributed by atoms with van der Waals surface area (Å²) >= 11 is 0. The van der Waals surface area contributed by atoms with Gasteiger partial charge in [-0.2, -0.15) is 0 Å². The maximum atomic E-state index is 13.2. The molecule has 0 unspecified atom stereocenters. The maximum absolute atomic E-state index is 13.2. The number of nitrogens with zero attached hydrogens (tertiary/aromatic N) is 1. The van der Waals surface area contributed by atoms with Crippen molar-refractivity contribution in [2.45, 2.75) is 26.9 Å². The van der Waals surface area contributed by atoms with E-state index in [-0.39, 0.29) is 12.4 Å². The fraction of sp³-hybridized carbons (Fsp3) is 0.538. The van der Waals surface area contributed by atoms with Gasteiger partial charge in [-0.1, -0.05) is 13.8 Å². The van der Waals surface area contributed by atoms with Crippen LogP contribution in [0.2, 0.25) is 0 Å². The van der Waals surface area contributed by atoms with Crippen molar-refractivity contribution >= 4 is 5.69 Å². The van der Waals surface area contributed by atoms with Crippen LogP contribution in [0.1, 0.15) is 25.8 Å². The molecule has 16 heavy (non-hydrogen) atoms. The van der Waals surface area contributed by atoms with Crippen LogP contribution in [-0.2, 0) is 6.61 Å². The number of anilines is 1. The van der Waals surface area contributed by atoms with Crippen LogP contribution in [0.15, 0.2) is 18.2 Å². The molecule has 0 saturated carbocycles. The summed E-state index contributed by atoms with van der Waals surface area (Å²) in [6.07, 6.45) is 1.07. The Bertz CT molecular complexity index is 339. The van der Waals surface area contributed by atoms with Crippen LogP contribution in [0.5, 0.6) is 0 Å². The van der Waals surface area contributed by atoms with E-state index in [1.54, 1.807) is 0 Å². The highest BCUT2D eigenvalue weighted by Gasteiger charge is 2.05. The van der Waals surface area contributed by atoms with Gasteiger partial charge in [0.25, 0.3) is 0 Å². The molecule has 0 saturated heterocycles. The van der Waals surface area contributed by atoms with Crippen LogP contribution in [0, 0.1) is 11.7 Å². The number of halogens is 1. The fourth-order valence-electron chi connectivity index (χ4n) is 1.53. The molecule has 1 aromatic carbocycles. The first-order valence-electron chi connectivity index (χ1n) is 5.64. The molecule has 2 nitrogen and oxygen atoms in total. The van der Waals surface area contributed by atoms with Crippen molar-refractivity contribution in [2.75, 3.05) is 18.5 Å². The van der Waals surface area contributed by atoms with E-state index in [4.69, 9.17) is 5.11 Å². The van der Waals surface area contributed by atoms with Crippen LogP contribution in [0.25, 0.3) is 0 Å². The average molecular weight is 225 g/mol. The first-order valence-corrected chi connectivity index (χ1v) is 5.64. The van der Waals surface area contributed by atoms with Crippen LogP contribution in [0.3, 0.4) is 0 Å². The normalized spacial score (nSPS) is 10.9. The van der Waals surface area contributed by atoms with Crippen LogP contribution in [-0.4, -0.2) is 18.7 Å². The molecule has 0 aliphatic carbocycles. The van der Waals surface area contributed by atoms with Crippen LogP contribution in [0.4, 0.5) is 10.1 Å². The number of rotatable bonds is 5. The Morgan fingerprint density at radius 3 is 2.56 bits per heavy atom. The molecule has 0 radical (unpaired) electrons. The third kappa shape index (κ3) is 3.81. The highest BCUT2D eigenvalue weighted by molar-refractivity contribution is 5.48. The summed E-state index contributed by atoms with van der Waals surface area (Å²) < 4.78 is 13.2. The van der Waals surface area contributed by atoms with Gasteiger partial charge in [0.2, 0.25) is 0 Å². The van der Waals surface area contributed by atoms with E-state index < -0.39 is 0 Å². The van der Waals surface area contributed by atoms with E-state index in [1.165, 1.54) is 12.1 Å². The van der Waals surface area contributed by atoms with Crippen molar-refractivity contribution in [3.8, 4) is 0 Å². The average Bonchev–Trinajstić information content (AvgIpc) is 2.24. The lowest BCUT2D eigenvalue weighted by Crippen LogP contribution is -2.20. The molecule has 0 spiro atoms. The lowest BCUT2D eigenvalue weighted by Gasteiger charge is -2.21. The van der Waals surface area contributed by atoms with E-state index in [2.05, 4.69) is 13.8 Å². The quantitative estimate of drug-likeness (QED) is 0.833. The lowest BCUT2D eigenvalue weighted by atomic mass is 10.1. The van der Waals surface area contributed by atoms with Crippen molar-refractivity contribution in [3.63, 3.8) is 0 Å². The Balaban J connectivity index is 2.74. The van der Waals surface area contributed by atoms with Gasteiger partial charge in [0.05, 0.1) is 6.61 Å². The van der Waals surface area contributed by atoms with Crippen LogP contribution < -0.4 is 4.90 Å². The number of benzene rings is 1. The Kier molecular flexibility index (Phi) is 4.74. The van der Waals surface area contributed by atoms with Crippen molar-refractivity contribution < 1.29 is 9.50 Å². The molecular formula is C13H20FNO. The van der Waals surface area contributed by atoms with Gasteiger partial charge in [-0.25, -0.2) is 4.39 Å². The first kappa shape index (κ1) is 13.0. The molecule has 0 heterocycles. The minimum atomic E-state index is -0.294. The van der Waals surface area contributed by atoms with Gasteiger partial charge in [-0.15, -0.1) is 0 Å². The van der Waals surface area contributed by atoms with Gasteiger partial charge in [0.1, 0.15) is 5.82 Å². The Morgan fingerprint density at radius 2 is 2.00 bits per heavy atom. The largest absolute Gasteiger partial charge is 0.392 e. The molecule has 1 N–H and O–H groups in total. The smallest absolute Gasteiger partial charge is 0.125 e. The molecule has 0 aliphatic rings. The standard InChI is InChI=1S/C13H20FNO/c1-10(2)4-5-15(3)13-7-11(9-16)6-12(14)8-13/h6-8,10,16H,4-5,9H2,1-3H3. The van der Waals surface area contributed by atoms with E-state index in [9.17, 15) is 4.39 Å². The summed E-state index contributed by atoms with van der Waals surface area (Å²) in [6.45, 7) is 5.10. The monoisotopic (exact) mass is 225 g/mol. The topological polar surface area (TPSA) is 23.5 Å². The van der Waals surface area contributed by atoms with Crippen LogP contribution >= 0.6 is 0 Å². The summed E-state index contributed by atoms with van der Waals surface area (Å²) in [7, 11) is 1.94.